The molecule has 0 aliphatic carbocycles. The molecule has 2 aromatic carbocycles. The second kappa shape index (κ2) is 7.21. The van der Waals surface area contributed by atoms with Crippen LogP contribution in [-0.4, -0.2) is 19.7 Å². The quantitative estimate of drug-likeness (QED) is 0.718. The first kappa shape index (κ1) is 16.8. The van der Waals surface area contributed by atoms with Crippen LogP contribution in [0, 0.1) is 6.92 Å². The second-order valence-corrected chi connectivity index (χ2v) is 5.70. The Hall–Kier alpha value is -3.08. The van der Waals surface area contributed by atoms with E-state index in [0.717, 1.165) is 33.7 Å². The van der Waals surface area contributed by atoms with Gasteiger partial charge < -0.3 is 14.8 Å². The molecule has 0 saturated heterocycles. The summed E-state index contributed by atoms with van der Waals surface area (Å²) in [7, 11) is 1.38. The summed E-state index contributed by atoms with van der Waals surface area (Å²) in [5, 5.41) is 4.33. The zero-order chi connectivity index (χ0) is 17.8. The lowest BCUT2D eigenvalue weighted by Gasteiger charge is -2.10. The third-order valence-corrected chi connectivity index (χ3v) is 3.87. The van der Waals surface area contributed by atoms with E-state index in [4.69, 9.17) is 9.47 Å². The van der Waals surface area contributed by atoms with E-state index in [0.29, 0.717) is 12.2 Å². The monoisotopic (exact) mass is 337 g/mol. The number of aromatic amines is 1. The van der Waals surface area contributed by atoms with Crippen LogP contribution in [0.25, 0.3) is 10.9 Å². The topological polar surface area (TPSA) is 61.7 Å². The van der Waals surface area contributed by atoms with Crippen molar-refractivity contribution in [3.8, 4) is 5.75 Å². The molecule has 0 saturated carbocycles. The lowest BCUT2D eigenvalue weighted by molar-refractivity contribution is -0.354. The number of aryl methyl sites for hydroxylation is 1. The Kier molecular flexibility index (Phi) is 4.84. The number of hydrogen-bond acceptors (Lipinski definition) is 4. The minimum absolute atomic E-state index is 0.352. The molecule has 0 aliphatic heterocycles. The second-order valence-electron chi connectivity index (χ2n) is 5.70. The van der Waals surface area contributed by atoms with Crippen LogP contribution in [0.5, 0.6) is 5.75 Å². The van der Waals surface area contributed by atoms with Gasteiger partial charge in [-0.3, -0.25) is 0 Å². The molecule has 0 bridgehead atoms. The number of carbonyl (C=O) groups excluding carboxylic acids is 1. The van der Waals surface area contributed by atoms with Gasteiger partial charge in [0.15, 0.2) is 5.69 Å². The molecule has 1 aromatic heterocycles. The van der Waals surface area contributed by atoms with Gasteiger partial charge in [0.05, 0.1) is 30.4 Å². The van der Waals surface area contributed by atoms with Gasteiger partial charge in [-0.2, -0.15) is 0 Å². The zero-order valence-corrected chi connectivity index (χ0v) is 14.6. The smallest absolute Gasteiger partial charge is 0.337 e. The Morgan fingerprint density at radius 3 is 2.56 bits per heavy atom. The van der Waals surface area contributed by atoms with Gasteiger partial charge in [0.1, 0.15) is 5.75 Å². The molecule has 0 radical (unpaired) electrons. The van der Waals surface area contributed by atoms with E-state index < -0.39 is 0 Å². The molecule has 128 valence electrons. The van der Waals surface area contributed by atoms with Crippen molar-refractivity contribution < 1.29 is 19.3 Å². The van der Waals surface area contributed by atoms with E-state index in [1.807, 2.05) is 56.3 Å². The molecule has 1 heterocycles. The van der Waals surface area contributed by atoms with Crippen LogP contribution in [0.2, 0.25) is 0 Å². The maximum Gasteiger partial charge on any atom is 0.337 e. The molecule has 0 fully saturated rings. The number of nitrogens with one attached hydrogen (secondary N) is 2. The summed E-state index contributed by atoms with van der Waals surface area (Å²) >= 11 is 0. The van der Waals surface area contributed by atoms with Crippen molar-refractivity contribution in [2.24, 2.45) is 0 Å². The fourth-order valence-electron chi connectivity index (χ4n) is 2.72. The molecule has 0 unspecified atom stereocenters. The highest BCUT2D eigenvalue weighted by molar-refractivity contribution is 5.98. The number of methoxy groups -OCH3 is 1. The average Bonchev–Trinajstić information content (AvgIpc) is 2.62. The fourth-order valence-corrected chi connectivity index (χ4v) is 2.72. The average molecular weight is 337 g/mol. The van der Waals surface area contributed by atoms with Crippen molar-refractivity contribution >= 4 is 28.2 Å². The van der Waals surface area contributed by atoms with Gasteiger partial charge in [-0.05, 0) is 43.3 Å². The lowest BCUT2D eigenvalue weighted by Crippen LogP contribution is -2.11. The number of hydrogen-bond donors (Lipinski definition) is 1. The minimum atomic E-state index is -0.352. The number of anilines is 2. The molecule has 0 spiro atoms. The predicted octanol–water partition coefficient (Wildman–Crippen LogP) is 3.89. The summed E-state index contributed by atoms with van der Waals surface area (Å²) in [4.78, 5) is 15.1. The Labute approximate surface area is 146 Å². The summed E-state index contributed by atoms with van der Waals surface area (Å²) in [5.74, 6) is 0.484. The van der Waals surface area contributed by atoms with Gasteiger partial charge in [-0.25, -0.2) is 9.78 Å². The van der Waals surface area contributed by atoms with Crippen molar-refractivity contribution in [2.45, 2.75) is 13.8 Å². The van der Waals surface area contributed by atoms with Crippen molar-refractivity contribution in [1.29, 1.82) is 0 Å². The maximum absolute atomic E-state index is 11.8. The molecule has 25 heavy (non-hydrogen) atoms. The largest absolute Gasteiger partial charge is 0.494 e. The van der Waals surface area contributed by atoms with E-state index in [-0.39, 0.29) is 5.97 Å². The summed E-state index contributed by atoms with van der Waals surface area (Å²) in [6.45, 7) is 4.60. The zero-order valence-electron chi connectivity index (χ0n) is 14.6. The number of aromatic nitrogens is 1. The SMILES string of the molecule is CCOc1ccc(Nc2cc(C)[nH+]c3ccc(C(=O)OC)cc23)cc1. The summed E-state index contributed by atoms with van der Waals surface area (Å²) in [5.41, 5.74) is 4.34. The summed E-state index contributed by atoms with van der Waals surface area (Å²) in [6, 6.07) is 15.3. The number of rotatable bonds is 5. The first-order valence-electron chi connectivity index (χ1n) is 8.15. The minimum Gasteiger partial charge on any atom is -0.494 e. The molecule has 3 aromatic rings. The maximum atomic E-state index is 11.8. The van der Waals surface area contributed by atoms with Crippen LogP contribution in [0.3, 0.4) is 0 Å². The van der Waals surface area contributed by atoms with Crippen molar-refractivity contribution in [3.63, 3.8) is 0 Å². The molecular formula is C20H21N2O3+. The van der Waals surface area contributed by atoms with E-state index in [2.05, 4.69) is 10.3 Å². The molecule has 0 amide bonds. The van der Waals surface area contributed by atoms with Gasteiger partial charge in [-0.1, -0.05) is 0 Å². The van der Waals surface area contributed by atoms with Crippen LogP contribution in [0.15, 0.2) is 48.5 Å². The van der Waals surface area contributed by atoms with Crippen molar-refractivity contribution in [1.82, 2.24) is 0 Å². The standard InChI is InChI=1S/C20H20N2O3/c1-4-25-16-8-6-15(7-9-16)22-19-11-13(2)21-18-10-5-14(12-17(18)19)20(23)24-3/h5-12H,4H2,1-3H3,(H,21,22)/p+1. The lowest BCUT2D eigenvalue weighted by atomic mass is 10.1. The number of pyridine rings is 1. The molecule has 3 rings (SSSR count). The summed E-state index contributed by atoms with van der Waals surface area (Å²) in [6.07, 6.45) is 0. The first-order chi connectivity index (χ1) is 12.1. The fraction of sp³-hybridized carbons (Fsp3) is 0.200. The normalized spacial score (nSPS) is 10.5. The Morgan fingerprint density at radius 2 is 1.88 bits per heavy atom. The van der Waals surface area contributed by atoms with Crippen LogP contribution in [0.4, 0.5) is 11.4 Å². The molecule has 0 aliphatic rings. The van der Waals surface area contributed by atoms with Gasteiger partial charge in [0, 0.05) is 24.7 Å². The highest BCUT2D eigenvalue weighted by atomic mass is 16.5. The van der Waals surface area contributed by atoms with Gasteiger partial charge in [0.25, 0.3) is 0 Å². The number of H-pyrrole nitrogens is 1. The van der Waals surface area contributed by atoms with Crippen LogP contribution >= 0.6 is 0 Å². The van der Waals surface area contributed by atoms with E-state index >= 15 is 0 Å². The number of esters is 1. The number of ether oxygens (including phenoxy) is 2. The number of carbonyl (C=O) groups is 1. The van der Waals surface area contributed by atoms with Crippen molar-refractivity contribution in [3.05, 3.63) is 59.8 Å². The predicted molar refractivity (Wildman–Crippen MR) is 97.5 cm³/mol. The highest BCUT2D eigenvalue weighted by Crippen LogP contribution is 2.27. The Morgan fingerprint density at radius 1 is 1.12 bits per heavy atom. The van der Waals surface area contributed by atoms with Gasteiger partial charge >= 0.3 is 5.97 Å². The molecule has 2 N–H and O–H groups in total. The summed E-state index contributed by atoms with van der Waals surface area (Å²) < 4.78 is 10.3. The third-order valence-electron chi connectivity index (χ3n) is 3.87. The Balaban J connectivity index is 2.00. The van der Waals surface area contributed by atoms with E-state index in [1.54, 1.807) is 6.07 Å². The van der Waals surface area contributed by atoms with Crippen LogP contribution in [0.1, 0.15) is 23.0 Å². The number of benzene rings is 2. The number of fused-ring (bicyclic) bond motifs is 1. The first-order valence-corrected chi connectivity index (χ1v) is 8.15. The molecule has 0 atom stereocenters. The highest BCUT2D eigenvalue weighted by Gasteiger charge is 2.13. The van der Waals surface area contributed by atoms with Crippen LogP contribution in [-0.2, 0) is 4.74 Å². The van der Waals surface area contributed by atoms with E-state index in [9.17, 15) is 4.79 Å². The molecule has 5 nitrogen and oxygen atoms in total. The van der Waals surface area contributed by atoms with E-state index in [1.165, 1.54) is 7.11 Å². The van der Waals surface area contributed by atoms with Crippen LogP contribution < -0.4 is 15.0 Å². The molecule has 5 heteroatoms. The Bertz CT molecular complexity index is 905. The van der Waals surface area contributed by atoms with Gasteiger partial charge in [-0.15, -0.1) is 0 Å². The molecular weight excluding hydrogens is 316 g/mol. The third kappa shape index (κ3) is 3.71. The van der Waals surface area contributed by atoms with Gasteiger partial charge in [0.2, 0.25) is 5.52 Å². The van der Waals surface area contributed by atoms with Crippen molar-refractivity contribution in [2.75, 3.05) is 19.0 Å².